The Balaban J connectivity index is 0.000000282. The second-order valence-corrected chi connectivity index (χ2v) is 11.1. The molecule has 3 aromatic heterocycles. The van der Waals surface area contributed by atoms with Crippen molar-refractivity contribution >= 4 is 33.4 Å². The minimum atomic E-state index is -0.0196. The van der Waals surface area contributed by atoms with E-state index in [1.54, 1.807) is 24.8 Å². The number of nitrogens with one attached hydrogen (secondary N) is 1. The molecule has 0 spiro atoms. The van der Waals surface area contributed by atoms with Crippen LogP contribution < -0.4 is 5.32 Å². The van der Waals surface area contributed by atoms with Gasteiger partial charge in [0.05, 0.1) is 11.7 Å². The molecule has 3 heterocycles. The number of unbranched alkanes of at least 4 members (excludes halogenated alkanes) is 1. The minimum Gasteiger partial charge on any atom is -0.352 e. The van der Waals surface area contributed by atoms with Crippen LogP contribution in [0.3, 0.4) is 0 Å². The number of carbonyl (C=O) groups excluding carboxylic acids is 1. The van der Waals surface area contributed by atoms with Crippen LogP contribution in [-0.4, -0.2) is 38.8 Å². The van der Waals surface area contributed by atoms with E-state index in [0.29, 0.717) is 6.54 Å². The molecule has 1 amide bonds. The van der Waals surface area contributed by atoms with Crippen molar-refractivity contribution in [3.05, 3.63) is 123 Å². The van der Waals surface area contributed by atoms with Gasteiger partial charge in [-0.05, 0) is 107 Å². The third kappa shape index (κ3) is 11.3. The van der Waals surface area contributed by atoms with Gasteiger partial charge >= 0.3 is 0 Å². The van der Waals surface area contributed by atoms with E-state index in [-0.39, 0.29) is 19.4 Å². The predicted octanol–water partition coefficient (Wildman–Crippen LogP) is 8.24. The molecule has 0 fully saturated rings. The quantitative estimate of drug-likeness (QED) is 0.218. The maximum Gasteiger partial charge on any atom is 0.217 e. The first kappa shape index (κ1) is 35.1. The highest BCUT2D eigenvalue weighted by molar-refractivity contribution is 9.10. The first-order valence-corrected chi connectivity index (χ1v) is 15.2. The maximum atomic E-state index is 10.5. The monoisotopic (exact) mass is 651 g/mol. The molecule has 0 saturated heterocycles. The standard InChI is InChI=1S/C20H24BrClN2.C8H10N2O.C5H5N.CH4/c1-3-5-10-24(4-2)20-18-9-8-17(22)12-14(18)6-7-15-11-16(21)13-23-19(15)20;1-7(11)10-6-8-3-2-4-9-5-8;1-2-4-6-5-3-1;/h8-9,11-13,20H,3-7,10H2,1-2H3;2-5H,6H2,1H3,(H,10,11);1-5H;1H4. The summed E-state index contributed by atoms with van der Waals surface area (Å²) in [5.74, 6) is -0.0196. The van der Waals surface area contributed by atoms with E-state index in [9.17, 15) is 4.79 Å². The lowest BCUT2D eigenvalue weighted by molar-refractivity contribution is -0.119. The van der Waals surface area contributed by atoms with Gasteiger partial charge in [-0.2, -0.15) is 0 Å². The van der Waals surface area contributed by atoms with Crippen LogP contribution in [0.15, 0.2) is 90.1 Å². The average molecular weight is 653 g/mol. The van der Waals surface area contributed by atoms with Crippen LogP contribution in [-0.2, 0) is 24.2 Å². The van der Waals surface area contributed by atoms with E-state index in [4.69, 9.17) is 16.6 Å². The first-order valence-electron chi connectivity index (χ1n) is 14.1. The van der Waals surface area contributed by atoms with Gasteiger partial charge in [-0.25, -0.2) is 0 Å². The Morgan fingerprint density at radius 2 is 1.74 bits per heavy atom. The number of aromatic nitrogens is 3. The van der Waals surface area contributed by atoms with E-state index in [1.807, 2.05) is 42.6 Å². The van der Waals surface area contributed by atoms with Gasteiger partial charge in [0.2, 0.25) is 5.91 Å². The van der Waals surface area contributed by atoms with E-state index in [0.717, 1.165) is 41.0 Å². The third-order valence-electron chi connectivity index (χ3n) is 6.69. The number of amides is 1. The normalized spacial score (nSPS) is 13.0. The molecule has 6 nitrogen and oxygen atoms in total. The van der Waals surface area contributed by atoms with E-state index >= 15 is 0 Å². The molecule has 1 aliphatic carbocycles. The molecule has 224 valence electrons. The number of halogens is 2. The molecule has 42 heavy (non-hydrogen) atoms. The Morgan fingerprint density at radius 1 is 1.00 bits per heavy atom. The Kier molecular flexibility index (Phi) is 16.0. The highest BCUT2D eigenvalue weighted by Gasteiger charge is 2.29. The summed E-state index contributed by atoms with van der Waals surface area (Å²) in [6.45, 7) is 8.66. The van der Waals surface area contributed by atoms with Crippen molar-refractivity contribution in [3.8, 4) is 0 Å². The topological polar surface area (TPSA) is 71.0 Å². The van der Waals surface area contributed by atoms with E-state index in [2.05, 4.69) is 68.2 Å². The van der Waals surface area contributed by atoms with Gasteiger partial charge in [-0.3, -0.25) is 24.6 Å². The summed E-state index contributed by atoms with van der Waals surface area (Å²) in [5, 5.41) is 3.51. The highest BCUT2D eigenvalue weighted by Crippen LogP contribution is 2.37. The zero-order chi connectivity index (χ0) is 29.5. The van der Waals surface area contributed by atoms with E-state index in [1.165, 1.54) is 42.1 Å². The second kappa shape index (κ2) is 19.1. The molecule has 0 radical (unpaired) electrons. The summed E-state index contributed by atoms with van der Waals surface area (Å²) in [7, 11) is 0. The number of hydrogen-bond acceptors (Lipinski definition) is 5. The van der Waals surface area contributed by atoms with Crippen molar-refractivity contribution in [1.82, 2.24) is 25.2 Å². The van der Waals surface area contributed by atoms with Gasteiger partial charge < -0.3 is 5.32 Å². The summed E-state index contributed by atoms with van der Waals surface area (Å²) in [4.78, 5) is 25.6. The SMILES string of the molecule is C.CC(=O)NCc1cccnc1.CCCCN(CC)C1c2ccc(Cl)cc2CCc2cc(Br)cnc21.c1ccncc1. The second-order valence-electron chi connectivity index (χ2n) is 9.72. The van der Waals surface area contributed by atoms with Gasteiger partial charge in [-0.1, -0.05) is 57.5 Å². The summed E-state index contributed by atoms with van der Waals surface area (Å²) >= 11 is 9.86. The average Bonchev–Trinajstić information content (AvgIpc) is 3.15. The molecule has 1 aliphatic rings. The fourth-order valence-electron chi connectivity index (χ4n) is 4.65. The fraction of sp³-hybridized carbons (Fsp3) is 0.353. The van der Waals surface area contributed by atoms with Crippen LogP contribution >= 0.6 is 27.5 Å². The Bertz CT molecular complexity index is 1260. The molecule has 1 aromatic carbocycles. The summed E-state index contributed by atoms with van der Waals surface area (Å²) < 4.78 is 1.06. The van der Waals surface area contributed by atoms with Crippen molar-refractivity contribution in [2.24, 2.45) is 0 Å². The number of hydrogen-bond donors (Lipinski definition) is 1. The van der Waals surface area contributed by atoms with Crippen LogP contribution in [0.4, 0.5) is 0 Å². The number of carbonyl (C=O) groups is 1. The molecule has 8 heteroatoms. The van der Waals surface area contributed by atoms with Crippen molar-refractivity contribution in [2.45, 2.75) is 66.5 Å². The molecule has 0 saturated carbocycles. The molecule has 4 aromatic rings. The lowest BCUT2D eigenvalue weighted by Gasteiger charge is -2.32. The van der Waals surface area contributed by atoms with Gasteiger partial charge in [-0.15, -0.1) is 0 Å². The van der Waals surface area contributed by atoms with Gasteiger partial charge in [0.25, 0.3) is 0 Å². The van der Waals surface area contributed by atoms with Crippen molar-refractivity contribution < 1.29 is 4.79 Å². The number of aryl methyl sites for hydroxylation is 2. The van der Waals surface area contributed by atoms with Gasteiger partial charge in [0, 0.05) is 53.9 Å². The molecule has 5 rings (SSSR count). The zero-order valence-electron chi connectivity index (χ0n) is 24.1. The zero-order valence-corrected chi connectivity index (χ0v) is 26.4. The number of benzene rings is 1. The highest BCUT2D eigenvalue weighted by atomic mass is 79.9. The maximum absolute atomic E-state index is 10.5. The third-order valence-corrected chi connectivity index (χ3v) is 7.36. The molecule has 0 aliphatic heterocycles. The largest absolute Gasteiger partial charge is 0.352 e. The minimum absolute atomic E-state index is 0. The van der Waals surface area contributed by atoms with Crippen molar-refractivity contribution in [2.75, 3.05) is 13.1 Å². The summed E-state index contributed by atoms with van der Waals surface area (Å²) in [6.07, 6.45) is 13.3. The summed E-state index contributed by atoms with van der Waals surface area (Å²) in [5.41, 5.74) is 6.29. The van der Waals surface area contributed by atoms with Crippen LogP contribution in [0.5, 0.6) is 0 Å². The first-order chi connectivity index (χ1) is 19.9. The molecular weight excluding hydrogens is 610 g/mol. The van der Waals surface area contributed by atoms with Crippen LogP contribution in [0, 0.1) is 0 Å². The lowest BCUT2D eigenvalue weighted by Crippen LogP contribution is -2.31. The van der Waals surface area contributed by atoms with Crippen molar-refractivity contribution in [1.29, 1.82) is 0 Å². The van der Waals surface area contributed by atoms with E-state index < -0.39 is 0 Å². The molecule has 0 bridgehead atoms. The van der Waals surface area contributed by atoms with Crippen LogP contribution in [0.25, 0.3) is 0 Å². The number of rotatable bonds is 7. The molecule has 1 N–H and O–H groups in total. The lowest BCUT2D eigenvalue weighted by atomic mass is 9.96. The molecule has 1 atom stereocenters. The van der Waals surface area contributed by atoms with Gasteiger partial charge in [0.1, 0.15) is 0 Å². The van der Waals surface area contributed by atoms with Crippen LogP contribution in [0.2, 0.25) is 5.02 Å². The Morgan fingerprint density at radius 3 is 2.33 bits per heavy atom. The number of fused-ring (bicyclic) bond motifs is 2. The van der Waals surface area contributed by atoms with Crippen molar-refractivity contribution in [3.63, 3.8) is 0 Å². The Labute approximate surface area is 265 Å². The molecule has 1 unspecified atom stereocenters. The number of pyridine rings is 3. The summed E-state index contributed by atoms with van der Waals surface area (Å²) in [6, 6.07) is 18.3. The smallest absolute Gasteiger partial charge is 0.217 e. The number of nitrogens with zero attached hydrogens (tertiary/aromatic N) is 4. The predicted molar refractivity (Wildman–Crippen MR) is 178 cm³/mol. The molecular formula is C34H43BrClN5O. The Hall–Kier alpha value is -3.13. The van der Waals surface area contributed by atoms with Gasteiger partial charge in [0.15, 0.2) is 0 Å². The van der Waals surface area contributed by atoms with Crippen LogP contribution in [0.1, 0.15) is 75.0 Å². The fourth-order valence-corrected chi connectivity index (χ4v) is 5.23.